The van der Waals surface area contributed by atoms with Crippen LogP contribution in [0.5, 0.6) is 0 Å². The van der Waals surface area contributed by atoms with Crippen LogP contribution in [0.15, 0.2) is 24.3 Å². The first-order chi connectivity index (χ1) is 11.1. The summed E-state index contributed by atoms with van der Waals surface area (Å²) >= 11 is 5.98. The Labute approximate surface area is 142 Å². The maximum Gasteiger partial charge on any atom is 0.237 e. The summed E-state index contributed by atoms with van der Waals surface area (Å²) in [7, 11) is 0. The molecule has 1 atom stereocenters. The van der Waals surface area contributed by atoms with Crippen molar-refractivity contribution in [1.82, 2.24) is 5.32 Å². The fourth-order valence-electron chi connectivity index (χ4n) is 3.64. The van der Waals surface area contributed by atoms with Crippen molar-refractivity contribution in [2.45, 2.75) is 43.6 Å². The molecule has 0 radical (unpaired) electrons. The minimum atomic E-state index is -0.429. The molecule has 2 fully saturated rings. The van der Waals surface area contributed by atoms with E-state index >= 15 is 0 Å². The first-order valence-electron chi connectivity index (χ1n) is 8.48. The van der Waals surface area contributed by atoms with Gasteiger partial charge in [-0.15, -0.1) is 0 Å². The molecule has 1 aromatic carbocycles. The Morgan fingerprint density at radius 1 is 1.30 bits per heavy atom. The van der Waals surface area contributed by atoms with Gasteiger partial charge in [0.25, 0.3) is 0 Å². The lowest BCUT2D eigenvalue weighted by atomic mass is 9.64. The highest BCUT2D eigenvalue weighted by atomic mass is 35.5. The van der Waals surface area contributed by atoms with Crippen LogP contribution in [0.2, 0.25) is 5.02 Å². The number of rotatable bonds is 5. The van der Waals surface area contributed by atoms with Crippen molar-refractivity contribution in [3.05, 3.63) is 34.9 Å². The largest absolute Gasteiger partial charge is 0.381 e. The van der Waals surface area contributed by atoms with Gasteiger partial charge in [-0.25, -0.2) is 0 Å². The lowest BCUT2D eigenvalue weighted by Gasteiger charge is -2.43. The van der Waals surface area contributed by atoms with Crippen molar-refractivity contribution < 1.29 is 9.53 Å². The Hall–Kier alpha value is -1.10. The third-order valence-corrected chi connectivity index (χ3v) is 5.70. The van der Waals surface area contributed by atoms with E-state index in [1.54, 1.807) is 0 Å². The summed E-state index contributed by atoms with van der Waals surface area (Å²) in [6.45, 7) is 2.07. The molecule has 1 aliphatic carbocycles. The maximum absolute atomic E-state index is 12.4. The molecule has 0 aromatic heterocycles. The highest BCUT2D eigenvalue weighted by Gasteiger charge is 2.39. The third kappa shape index (κ3) is 3.70. The zero-order valence-corrected chi connectivity index (χ0v) is 14.1. The molecule has 1 unspecified atom stereocenters. The number of hydrogen-bond acceptors (Lipinski definition) is 3. The number of carbonyl (C=O) groups excluding carboxylic acids is 1. The van der Waals surface area contributed by atoms with Crippen LogP contribution in [0.3, 0.4) is 0 Å². The summed E-state index contributed by atoms with van der Waals surface area (Å²) in [5.41, 5.74) is 7.46. The first-order valence-corrected chi connectivity index (χ1v) is 8.86. The molecule has 0 spiro atoms. The molecule has 126 valence electrons. The molecule has 2 aliphatic rings. The van der Waals surface area contributed by atoms with Crippen LogP contribution >= 0.6 is 11.6 Å². The SMILES string of the molecule is NC(C(=O)NCC1(c2ccc(Cl)cc2)CCC1)C1CCOCC1. The van der Waals surface area contributed by atoms with Crippen molar-refractivity contribution in [2.24, 2.45) is 11.7 Å². The monoisotopic (exact) mass is 336 g/mol. The molecule has 1 aromatic rings. The fraction of sp³-hybridized carbons (Fsp3) is 0.611. The summed E-state index contributed by atoms with van der Waals surface area (Å²) in [5, 5.41) is 3.84. The molecule has 0 bridgehead atoms. The molecular weight excluding hydrogens is 312 g/mol. The van der Waals surface area contributed by atoms with Crippen LogP contribution in [0.25, 0.3) is 0 Å². The predicted octanol–water partition coefficient (Wildman–Crippen LogP) is 2.63. The van der Waals surface area contributed by atoms with E-state index in [4.69, 9.17) is 22.1 Å². The van der Waals surface area contributed by atoms with Crippen LogP contribution in [-0.4, -0.2) is 31.7 Å². The topological polar surface area (TPSA) is 64.4 Å². The van der Waals surface area contributed by atoms with Crippen molar-refractivity contribution in [3.63, 3.8) is 0 Å². The van der Waals surface area contributed by atoms with Gasteiger partial charge in [0.05, 0.1) is 6.04 Å². The van der Waals surface area contributed by atoms with Crippen molar-refractivity contribution in [1.29, 1.82) is 0 Å². The minimum Gasteiger partial charge on any atom is -0.381 e. The van der Waals surface area contributed by atoms with E-state index in [1.807, 2.05) is 12.1 Å². The highest BCUT2D eigenvalue weighted by molar-refractivity contribution is 6.30. The van der Waals surface area contributed by atoms with Crippen molar-refractivity contribution >= 4 is 17.5 Å². The van der Waals surface area contributed by atoms with E-state index in [0.29, 0.717) is 19.8 Å². The van der Waals surface area contributed by atoms with E-state index in [-0.39, 0.29) is 17.2 Å². The molecule has 23 heavy (non-hydrogen) atoms. The number of benzene rings is 1. The minimum absolute atomic E-state index is 0.0304. The quantitative estimate of drug-likeness (QED) is 0.868. The van der Waals surface area contributed by atoms with Gasteiger partial charge in [0.15, 0.2) is 0 Å². The fourth-order valence-corrected chi connectivity index (χ4v) is 3.76. The zero-order valence-electron chi connectivity index (χ0n) is 13.4. The van der Waals surface area contributed by atoms with Gasteiger partial charge in [-0.05, 0) is 49.3 Å². The van der Waals surface area contributed by atoms with Gasteiger partial charge in [-0.3, -0.25) is 4.79 Å². The molecule has 1 heterocycles. The van der Waals surface area contributed by atoms with Gasteiger partial charge < -0.3 is 15.8 Å². The summed E-state index contributed by atoms with van der Waals surface area (Å²) in [6, 6.07) is 7.57. The Morgan fingerprint density at radius 3 is 2.52 bits per heavy atom. The molecule has 3 rings (SSSR count). The number of amides is 1. The summed E-state index contributed by atoms with van der Waals surface area (Å²) in [6.07, 6.45) is 5.14. The molecule has 1 saturated carbocycles. The average molecular weight is 337 g/mol. The summed E-state index contributed by atoms with van der Waals surface area (Å²) in [4.78, 5) is 12.4. The molecule has 3 N–H and O–H groups in total. The average Bonchev–Trinajstić information content (AvgIpc) is 2.55. The van der Waals surface area contributed by atoms with Gasteiger partial charge in [-0.2, -0.15) is 0 Å². The molecular formula is C18H25ClN2O2. The lowest BCUT2D eigenvalue weighted by molar-refractivity contribution is -0.124. The Balaban J connectivity index is 1.59. The number of nitrogens with one attached hydrogen (secondary N) is 1. The molecule has 1 saturated heterocycles. The molecule has 1 aliphatic heterocycles. The van der Waals surface area contributed by atoms with E-state index in [0.717, 1.165) is 30.7 Å². The molecule has 4 nitrogen and oxygen atoms in total. The smallest absolute Gasteiger partial charge is 0.237 e. The van der Waals surface area contributed by atoms with Gasteiger partial charge in [0.2, 0.25) is 5.91 Å². The van der Waals surface area contributed by atoms with Crippen molar-refractivity contribution in [3.8, 4) is 0 Å². The highest BCUT2D eigenvalue weighted by Crippen LogP contribution is 2.43. The van der Waals surface area contributed by atoms with E-state index in [9.17, 15) is 4.79 Å². The van der Waals surface area contributed by atoms with E-state index in [2.05, 4.69) is 17.4 Å². The van der Waals surface area contributed by atoms with Crippen molar-refractivity contribution in [2.75, 3.05) is 19.8 Å². The number of ether oxygens (including phenoxy) is 1. The standard InChI is InChI=1S/C18H25ClN2O2/c19-15-4-2-14(3-5-15)18(8-1-9-18)12-21-17(22)16(20)13-6-10-23-11-7-13/h2-5,13,16H,1,6-12,20H2,(H,21,22). The maximum atomic E-state index is 12.4. The summed E-state index contributed by atoms with van der Waals surface area (Å²) in [5.74, 6) is 0.203. The van der Waals surface area contributed by atoms with E-state index < -0.39 is 6.04 Å². The number of carbonyl (C=O) groups is 1. The van der Waals surface area contributed by atoms with Gasteiger partial charge in [0, 0.05) is 30.2 Å². The van der Waals surface area contributed by atoms with Crippen LogP contribution in [-0.2, 0) is 14.9 Å². The van der Waals surface area contributed by atoms with Gasteiger partial charge in [-0.1, -0.05) is 30.2 Å². The second kappa shape index (κ2) is 7.20. The number of nitrogens with two attached hydrogens (primary N) is 1. The Kier molecular flexibility index (Phi) is 5.24. The zero-order chi connectivity index (χ0) is 16.3. The van der Waals surface area contributed by atoms with Crippen LogP contribution in [0.1, 0.15) is 37.7 Å². The third-order valence-electron chi connectivity index (χ3n) is 5.44. The molecule has 5 heteroatoms. The lowest BCUT2D eigenvalue weighted by Crippen LogP contribution is -2.52. The van der Waals surface area contributed by atoms with Gasteiger partial charge >= 0.3 is 0 Å². The van der Waals surface area contributed by atoms with Crippen LogP contribution < -0.4 is 11.1 Å². The normalized spacial score (nSPS) is 22.2. The Morgan fingerprint density at radius 2 is 1.96 bits per heavy atom. The second-order valence-electron chi connectivity index (χ2n) is 6.83. The first kappa shape index (κ1) is 16.7. The summed E-state index contributed by atoms with van der Waals surface area (Å²) < 4.78 is 5.34. The number of halogens is 1. The van der Waals surface area contributed by atoms with E-state index in [1.165, 1.54) is 12.0 Å². The number of hydrogen-bond donors (Lipinski definition) is 2. The van der Waals surface area contributed by atoms with Gasteiger partial charge in [0.1, 0.15) is 0 Å². The molecule has 1 amide bonds. The predicted molar refractivity (Wildman–Crippen MR) is 91.5 cm³/mol. The Bertz CT molecular complexity index is 536. The van der Waals surface area contributed by atoms with Crippen LogP contribution in [0.4, 0.5) is 0 Å². The second-order valence-corrected chi connectivity index (χ2v) is 7.27. The van der Waals surface area contributed by atoms with Crippen LogP contribution in [0, 0.1) is 5.92 Å².